The Morgan fingerprint density at radius 2 is 2.06 bits per heavy atom. The molecule has 0 fully saturated rings. The Balaban J connectivity index is 2.91. The molecule has 18 heavy (non-hydrogen) atoms. The third-order valence-electron chi connectivity index (χ3n) is 2.18. The van der Waals surface area contributed by atoms with Gasteiger partial charge in [0, 0.05) is 18.2 Å². The number of hydrogen-bond donors (Lipinski definition) is 2. The van der Waals surface area contributed by atoms with Crippen LogP contribution in [0.3, 0.4) is 0 Å². The van der Waals surface area contributed by atoms with Gasteiger partial charge in [-0.2, -0.15) is 0 Å². The Kier molecular flexibility index (Phi) is 3.90. The second-order valence-electron chi connectivity index (χ2n) is 5.32. The minimum Gasteiger partial charge on any atom is -0.399 e. The predicted octanol–water partition coefficient (Wildman–Crippen LogP) is 2.55. The van der Waals surface area contributed by atoms with E-state index in [0.717, 1.165) is 0 Å². The maximum absolute atomic E-state index is 11.7. The van der Waals surface area contributed by atoms with Crippen LogP contribution in [0.5, 0.6) is 0 Å². The number of amides is 1. The predicted molar refractivity (Wildman–Crippen MR) is 70.2 cm³/mol. The molecule has 0 unspecified atom stereocenters. The summed E-state index contributed by atoms with van der Waals surface area (Å²) in [5.74, 6) is -0.254. The summed E-state index contributed by atoms with van der Waals surface area (Å²) in [5.41, 5.74) is 5.57. The molecule has 6 heteroatoms. The van der Waals surface area contributed by atoms with Crippen molar-refractivity contribution in [2.45, 2.75) is 27.2 Å². The Morgan fingerprint density at radius 1 is 1.44 bits per heavy atom. The van der Waals surface area contributed by atoms with Crippen LogP contribution in [-0.2, 0) is 4.79 Å². The van der Waals surface area contributed by atoms with Crippen molar-refractivity contribution in [2.24, 2.45) is 5.41 Å². The third kappa shape index (κ3) is 4.04. The standard InChI is InChI=1S/C12H17N3O3/c1-12(2,3)7-11(16)14-9-5-4-8(13)6-10(9)15(17)18/h4-6H,7,13H2,1-3H3,(H,14,16). The van der Waals surface area contributed by atoms with E-state index in [1.54, 1.807) is 0 Å². The first-order chi connectivity index (χ1) is 8.19. The summed E-state index contributed by atoms with van der Waals surface area (Å²) in [4.78, 5) is 22.0. The molecule has 0 bridgehead atoms. The highest BCUT2D eigenvalue weighted by molar-refractivity contribution is 5.93. The number of benzene rings is 1. The molecule has 1 aromatic carbocycles. The van der Waals surface area contributed by atoms with Crippen LogP contribution in [0.25, 0.3) is 0 Å². The maximum Gasteiger partial charge on any atom is 0.294 e. The summed E-state index contributed by atoms with van der Waals surface area (Å²) in [6.07, 6.45) is 0.286. The van der Waals surface area contributed by atoms with Crippen molar-refractivity contribution in [3.05, 3.63) is 28.3 Å². The van der Waals surface area contributed by atoms with Crippen molar-refractivity contribution in [3.8, 4) is 0 Å². The van der Waals surface area contributed by atoms with Crippen LogP contribution >= 0.6 is 0 Å². The summed E-state index contributed by atoms with van der Waals surface area (Å²) >= 11 is 0. The number of nitrogens with two attached hydrogens (primary N) is 1. The molecule has 0 aliphatic rings. The van der Waals surface area contributed by atoms with Crippen LogP contribution in [-0.4, -0.2) is 10.8 Å². The van der Waals surface area contributed by atoms with Crippen molar-refractivity contribution in [2.75, 3.05) is 11.1 Å². The zero-order valence-corrected chi connectivity index (χ0v) is 10.7. The van der Waals surface area contributed by atoms with E-state index in [9.17, 15) is 14.9 Å². The first kappa shape index (κ1) is 14.0. The zero-order chi connectivity index (χ0) is 13.9. The van der Waals surface area contributed by atoms with Crippen LogP contribution in [0, 0.1) is 15.5 Å². The summed E-state index contributed by atoms with van der Waals surface area (Å²) in [6, 6.07) is 4.18. The van der Waals surface area contributed by atoms with Crippen molar-refractivity contribution >= 4 is 23.0 Å². The quantitative estimate of drug-likeness (QED) is 0.490. The fourth-order valence-corrected chi connectivity index (χ4v) is 1.48. The number of carbonyl (C=O) groups is 1. The second-order valence-corrected chi connectivity index (χ2v) is 5.32. The van der Waals surface area contributed by atoms with Gasteiger partial charge in [-0.1, -0.05) is 20.8 Å². The number of carbonyl (C=O) groups excluding carboxylic acids is 1. The lowest BCUT2D eigenvalue weighted by atomic mass is 9.92. The SMILES string of the molecule is CC(C)(C)CC(=O)Nc1ccc(N)cc1[N+](=O)[O-]. The van der Waals surface area contributed by atoms with E-state index >= 15 is 0 Å². The van der Waals surface area contributed by atoms with Crippen molar-refractivity contribution in [3.63, 3.8) is 0 Å². The van der Waals surface area contributed by atoms with Crippen molar-refractivity contribution < 1.29 is 9.72 Å². The van der Waals surface area contributed by atoms with Gasteiger partial charge in [0.2, 0.25) is 5.91 Å². The van der Waals surface area contributed by atoms with Gasteiger partial charge in [-0.25, -0.2) is 0 Å². The topological polar surface area (TPSA) is 98.3 Å². The van der Waals surface area contributed by atoms with E-state index in [4.69, 9.17) is 5.73 Å². The van der Waals surface area contributed by atoms with E-state index in [-0.39, 0.29) is 34.8 Å². The number of anilines is 2. The lowest BCUT2D eigenvalue weighted by molar-refractivity contribution is -0.383. The average molecular weight is 251 g/mol. The molecule has 0 saturated carbocycles. The van der Waals surface area contributed by atoms with Gasteiger partial charge in [-0.05, 0) is 17.5 Å². The fourth-order valence-electron chi connectivity index (χ4n) is 1.48. The van der Waals surface area contributed by atoms with Gasteiger partial charge in [0.15, 0.2) is 0 Å². The largest absolute Gasteiger partial charge is 0.399 e. The van der Waals surface area contributed by atoms with E-state index in [1.807, 2.05) is 20.8 Å². The highest BCUT2D eigenvalue weighted by Crippen LogP contribution is 2.27. The first-order valence-corrected chi connectivity index (χ1v) is 5.53. The van der Waals surface area contributed by atoms with Crippen molar-refractivity contribution in [1.82, 2.24) is 0 Å². The summed E-state index contributed by atoms with van der Waals surface area (Å²) in [5, 5.41) is 13.4. The molecule has 0 aliphatic carbocycles. The van der Waals surface area contributed by atoms with Crippen LogP contribution in [0.2, 0.25) is 0 Å². The van der Waals surface area contributed by atoms with Crippen LogP contribution in [0.15, 0.2) is 18.2 Å². The number of nitrogens with one attached hydrogen (secondary N) is 1. The molecule has 0 heterocycles. The third-order valence-corrected chi connectivity index (χ3v) is 2.18. The molecular formula is C12H17N3O3. The summed E-state index contributed by atoms with van der Waals surface area (Å²) < 4.78 is 0. The van der Waals surface area contributed by atoms with Gasteiger partial charge >= 0.3 is 0 Å². The van der Waals surface area contributed by atoms with E-state index < -0.39 is 4.92 Å². The van der Waals surface area contributed by atoms with Gasteiger partial charge in [-0.3, -0.25) is 14.9 Å². The number of nitro groups is 1. The first-order valence-electron chi connectivity index (χ1n) is 5.53. The Hall–Kier alpha value is -2.11. The minimum atomic E-state index is -0.566. The van der Waals surface area contributed by atoms with E-state index in [0.29, 0.717) is 0 Å². The number of hydrogen-bond acceptors (Lipinski definition) is 4. The highest BCUT2D eigenvalue weighted by Gasteiger charge is 2.20. The molecule has 0 spiro atoms. The van der Waals surface area contributed by atoms with Gasteiger partial charge in [-0.15, -0.1) is 0 Å². The van der Waals surface area contributed by atoms with Crippen LogP contribution < -0.4 is 11.1 Å². The molecule has 0 aliphatic heterocycles. The van der Waals surface area contributed by atoms with Gasteiger partial charge in [0.05, 0.1) is 4.92 Å². The molecule has 0 radical (unpaired) electrons. The normalized spacial score (nSPS) is 11.1. The molecule has 0 atom stereocenters. The number of rotatable bonds is 3. The molecule has 0 saturated heterocycles. The molecule has 98 valence electrons. The number of nitro benzene ring substituents is 1. The van der Waals surface area contributed by atoms with Crippen LogP contribution in [0.1, 0.15) is 27.2 Å². The van der Waals surface area contributed by atoms with E-state index in [2.05, 4.69) is 5.32 Å². The average Bonchev–Trinajstić information content (AvgIpc) is 2.17. The minimum absolute atomic E-state index is 0.170. The number of nitrogen functional groups attached to an aromatic ring is 1. The number of nitrogens with zero attached hydrogens (tertiary/aromatic N) is 1. The summed E-state index contributed by atoms with van der Waals surface area (Å²) in [7, 11) is 0. The molecule has 0 aromatic heterocycles. The van der Waals surface area contributed by atoms with E-state index in [1.165, 1.54) is 18.2 Å². The molecule has 1 aromatic rings. The Labute approximate surface area is 105 Å². The highest BCUT2D eigenvalue weighted by atomic mass is 16.6. The smallest absolute Gasteiger partial charge is 0.294 e. The molecule has 3 N–H and O–H groups in total. The Morgan fingerprint density at radius 3 is 2.56 bits per heavy atom. The molecule has 1 rings (SSSR count). The van der Waals surface area contributed by atoms with Gasteiger partial charge < -0.3 is 11.1 Å². The van der Waals surface area contributed by atoms with Crippen LogP contribution in [0.4, 0.5) is 17.1 Å². The molecule has 6 nitrogen and oxygen atoms in total. The lowest BCUT2D eigenvalue weighted by Gasteiger charge is -2.17. The van der Waals surface area contributed by atoms with Crippen molar-refractivity contribution in [1.29, 1.82) is 0 Å². The molecule has 1 amide bonds. The Bertz CT molecular complexity index is 478. The second kappa shape index (κ2) is 5.03. The lowest BCUT2D eigenvalue weighted by Crippen LogP contribution is -2.20. The van der Waals surface area contributed by atoms with Gasteiger partial charge in [0.1, 0.15) is 5.69 Å². The monoisotopic (exact) mass is 251 g/mol. The maximum atomic E-state index is 11.7. The summed E-state index contributed by atoms with van der Waals surface area (Å²) in [6.45, 7) is 5.76. The van der Waals surface area contributed by atoms with Gasteiger partial charge in [0.25, 0.3) is 5.69 Å². The fraction of sp³-hybridized carbons (Fsp3) is 0.417. The zero-order valence-electron chi connectivity index (χ0n) is 10.7. The molecular weight excluding hydrogens is 234 g/mol.